The molecule has 14 heteroatoms. The van der Waals surface area contributed by atoms with Crippen LogP contribution in [0.25, 0.3) is 0 Å². The third kappa shape index (κ3) is 5.02. The maximum absolute atomic E-state index is 12.6. The van der Waals surface area contributed by atoms with E-state index in [4.69, 9.17) is 4.55 Å². The van der Waals surface area contributed by atoms with Gasteiger partial charge in [-0.3, -0.25) is 18.5 Å². The summed E-state index contributed by atoms with van der Waals surface area (Å²) in [7, 11) is -7.63. The van der Waals surface area contributed by atoms with Crippen molar-refractivity contribution in [2.45, 2.75) is 31.0 Å². The van der Waals surface area contributed by atoms with Gasteiger partial charge in [-0.1, -0.05) is 0 Å². The van der Waals surface area contributed by atoms with Crippen molar-refractivity contribution in [2.24, 2.45) is 10.2 Å². The van der Waals surface area contributed by atoms with E-state index in [1.165, 1.54) is 26.0 Å². The molecule has 0 aliphatic rings. The zero-order chi connectivity index (χ0) is 22.9. The molecule has 4 N–H and O–H groups in total. The van der Waals surface area contributed by atoms with E-state index in [9.17, 15) is 31.3 Å². The van der Waals surface area contributed by atoms with Gasteiger partial charge in [0.25, 0.3) is 25.8 Å². The Morgan fingerprint density at radius 2 is 1.77 bits per heavy atom. The topological polar surface area (TPSA) is 188 Å². The number of nitrogens with zero attached hydrogens (tertiary/aromatic N) is 3. The highest BCUT2D eigenvalue weighted by molar-refractivity contribution is 7.86. The van der Waals surface area contributed by atoms with Crippen LogP contribution in [-0.4, -0.2) is 42.7 Å². The smallest absolute Gasteiger partial charge is 0.296 e. The van der Waals surface area contributed by atoms with Gasteiger partial charge in [0.15, 0.2) is 11.6 Å². The number of rotatable bonds is 7. The summed E-state index contributed by atoms with van der Waals surface area (Å²) >= 11 is 0. The molecule has 0 saturated carbocycles. The molecule has 0 amide bonds. The lowest BCUT2D eigenvalue weighted by Gasteiger charge is -2.14. The lowest BCUT2D eigenvalue weighted by Crippen LogP contribution is -2.22. The van der Waals surface area contributed by atoms with Crippen molar-refractivity contribution >= 4 is 37.3 Å². The summed E-state index contributed by atoms with van der Waals surface area (Å²) in [5.41, 5.74) is -1.35. The fourth-order valence-electron chi connectivity index (χ4n) is 2.70. The Morgan fingerprint density at radius 3 is 2.27 bits per heavy atom. The Bertz CT molecular complexity index is 1280. The maximum Gasteiger partial charge on any atom is 0.296 e. The lowest BCUT2D eigenvalue weighted by molar-refractivity contribution is 0.403. The maximum atomic E-state index is 12.6. The molecule has 2 rings (SSSR count). The number of aromatic nitrogens is 1. The molecular weight excluding hydrogens is 440 g/mol. The highest BCUT2D eigenvalue weighted by atomic mass is 32.2. The van der Waals surface area contributed by atoms with Gasteiger partial charge in [0.2, 0.25) is 0 Å². The highest BCUT2D eigenvalue weighted by Crippen LogP contribution is 2.32. The summed E-state index contributed by atoms with van der Waals surface area (Å²) < 4.78 is 65.2. The van der Waals surface area contributed by atoms with Gasteiger partial charge in [-0.15, -0.1) is 10.2 Å². The third-order valence-electron chi connectivity index (χ3n) is 4.21. The predicted octanol–water partition coefficient (Wildman–Crippen LogP) is 1.97. The van der Waals surface area contributed by atoms with Crippen molar-refractivity contribution in [1.29, 1.82) is 0 Å². The van der Waals surface area contributed by atoms with E-state index in [0.29, 0.717) is 5.69 Å². The molecule has 0 fully saturated rings. The molecule has 0 spiro atoms. The summed E-state index contributed by atoms with van der Waals surface area (Å²) in [5, 5.41) is 20.5. The van der Waals surface area contributed by atoms with Crippen molar-refractivity contribution in [1.82, 2.24) is 4.57 Å². The number of nitrogens with one attached hydrogen (secondary N) is 1. The Balaban J connectivity index is 2.77. The number of hydrogen-bond donors (Lipinski definition) is 4. The SMILES string of the molecule is CCn1c(O)c(CS(=O)(=O)O)c(C)c(N=Nc2cc(NC)ccc2S(=O)(=O)O)c1=O. The molecule has 30 heavy (non-hydrogen) atoms. The first-order chi connectivity index (χ1) is 13.8. The number of azo groups is 1. The number of anilines is 1. The number of pyridine rings is 1. The standard InChI is InChI=1S/C16H20N4O8S2/c1-4-20-15(21)11(8-29(23,24)25)9(2)14(16(20)22)19-18-12-7-10(17-3)5-6-13(12)30(26,27)28/h5-7,17,21H,4,8H2,1-3H3,(H,23,24,25)(H,26,27,28). The number of benzene rings is 1. The van der Waals surface area contributed by atoms with Crippen LogP contribution in [-0.2, 0) is 32.5 Å². The zero-order valence-corrected chi connectivity index (χ0v) is 17.8. The first kappa shape index (κ1) is 23.5. The quantitative estimate of drug-likeness (QED) is 0.354. The lowest BCUT2D eigenvalue weighted by atomic mass is 10.1. The fourth-order valence-corrected chi connectivity index (χ4v) is 4.01. The van der Waals surface area contributed by atoms with Crippen LogP contribution >= 0.6 is 0 Å². The first-order valence-electron chi connectivity index (χ1n) is 8.41. The Kier molecular flexibility index (Phi) is 6.66. The monoisotopic (exact) mass is 460 g/mol. The second kappa shape index (κ2) is 8.51. The van der Waals surface area contributed by atoms with E-state index in [2.05, 4.69) is 15.5 Å². The minimum Gasteiger partial charge on any atom is -0.494 e. The molecule has 1 aromatic heterocycles. The summed E-state index contributed by atoms with van der Waals surface area (Å²) in [6.07, 6.45) is 0. The van der Waals surface area contributed by atoms with Gasteiger partial charge in [-0.2, -0.15) is 16.8 Å². The molecular formula is C16H20N4O8S2. The molecule has 0 radical (unpaired) electrons. The molecule has 0 unspecified atom stereocenters. The zero-order valence-electron chi connectivity index (χ0n) is 16.2. The van der Waals surface area contributed by atoms with Gasteiger partial charge < -0.3 is 10.4 Å². The molecule has 12 nitrogen and oxygen atoms in total. The molecule has 1 heterocycles. The molecule has 2 aromatic rings. The molecule has 0 bridgehead atoms. The van der Waals surface area contributed by atoms with Crippen LogP contribution in [0.2, 0.25) is 0 Å². The van der Waals surface area contributed by atoms with Crippen LogP contribution < -0.4 is 10.9 Å². The Morgan fingerprint density at radius 1 is 1.13 bits per heavy atom. The van der Waals surface area contributed by atoms with E-state index < -0.39 is 42.3 Å². The highest BCUT2D eigenvalue weighted by Gasteiger charge is 2.23. The van der Waals surface area contributed by atoms with Crippen LogP contribution in [0.15, 0.2) is 38.1 Å². The van der Waals surface area contributed by atoms with Crippen LogP contribution in [0, 0.1) is 6.92 Å². The summed E-state index contributed by atoms with van der Waals surface area (Å²) in [4.78, 5) is 12.1. The average Bonchev–Trinajstić information content (AvgIpc) is 2.63. The average molecular weight is 460 g/mol. The van der Waals surface area contributed by atoms with E-state index in [0.717, 1.165) is 10.6 Å². The molecule has 164 valence electrons. The van der Waals surface area contributed by atoms with Gasteiger partial charge in [-0.25, -0.2) is 0 Å². The van der Waals surface area contributed by atoms with Crippen LogP contribution in [0.3, 0.4) is 0 Å². The van der Waals surface area contributed by atoms with E-state index in [1.807, 2.05) is 0 Å². The van der Waals surface area contributed by atoms with Gasteiger partial charge >= 0.3 is 0 Å². The fraction of sp³-hybridized carbons (Fsp3) is 0.312. The minimum atomic E-state index is -4.65. The minimum absolute atomic E-state index is 0.0442. The van der Waals surface area contributed by atoms with E-state index in [-0.39, 0.29) is 29.0 Å². The van der Waals surface area contributed by atoms with Crippen molar-refractivity contribution < 1.29 is 31.0 Å². The van der Waals surface area contributed by atoms with Crippen molar-refractivity contribution in [2.75, 3.05) is 12.4 Å². The third-order valence-corrected chi connectivity index (χ3v) is 5.76. The molecule has 0 atom stereocenters. The molecule has 0 saturated heterocycles. The number of aromatic hydroxyl groups is 1. The van der Waals surface area contributed by atoms with Gasteiger partial charge in [0, 0.05) is 24.8 Å². The normalized spacial score (nSPS) is 12.4. The molecule has 1 aromatic carbocycles. The van der Waals surface area contributed by atoms with Crippen molar-refractivity contribution in [3.63, 3.8) is 0 Å². The summed E-state index contributed by atoms with van der Waals surface area (Å²) in [6.45, 7) is 2.77. The largest absolute Gasteiger partial charge is 0.494 e. The van der Waals surface area contributed by atoms with Gasteiger partial charge in [-0.05, 0) is 37.6 Å². The van der Waals surface area contributed by atoms with Crippen LogP contribution in [0.4, 0.5) is 17.1 Å². The first-order valence-corrected chi connectivity index (χ1v) is 11.5. The van der Waals surface area contributed by atoms with Gasteiger partial charge in [0.1, 0.15) is 16.3 Å². The Hall–Kier alpha value is -2.81. The molecule has 0 aliphatic carbocycles. The predicted molar refractivity (Wildman–Crippen MR) is 108 cm³/mol. The number of hydrogen-bond acceptors (Lipinski definition) is 9. The van der Waals surface area contributed by atoms with Crippen LogP contribution in [0.1, 0.15) is 18.1 Å². The Labute approximate surface area is 172 Å². The van der Waals surface area contributed by atoms with E-state index in [1.54, 1.807) is 7.05 Å². The van der Waals surface area contributed by atoms with E-state index >= 15 is 0 Å². The molecule has 0 aliphatic heterocycles. The van der Waals surface area contributed by atoms with Crippen molar-refractivity contribution in [3.05, 3.63) is 39.7 Å². The van der Waals surface area contributed by atoms with Crippen LogP contribution in [0.5, 0.6) is 5.88 Å². The van der Waals surface area contributed by atoms with Crippen molar-refractivity contribution in [3.8, 4) is 5.88 Å². The summed E-state index contributed by atoms with van der Waals surface area (Å²) in [6, 6.07) is 3.73. The summed E-state index contributed by atoms with van der Waals surface area (Å²) in [5.74, 6) is -1.62. The second-order valence-electron chi connectivity index (χ2n) is 6.16. The van der Waals surface area contributed by atoms with Gasteiger partial charge in [0.05, 0.1) is 0 Å². The second-order valence-corrected chi connectivity index (χ2v) is 9.00.